The Labute approximate surface area is 85.8 Å². The van der Waals surface area contributed by atoms with Crippen molar-refractivity contribution in [1.82, 2.24) is 0 Å². The van der Waals surface area contributed by atoms with Gasteiger partial charge in [0.25, 0.3) is 0 Å². The SMILES string of the molecule is CCCCCc1ccccc1[P+](=O)O. The predicted molar refractivity (Wildman–Crippen MR) is 59.1 cm³/mol. The molecule has 0 aliphatic rings. The van der Waals surface area contributed by atoms with E-state index in [4.69, 9.17) is 4.89 Å². The summed E-state index contributed by atoms with van der Waals surface area (Å²) in [6.45, 7) is 2.15. The predicted octanol–water partition coefficient (Wildman–Crippen LogP) is 2.78. The molecule has 1 aromatic rings. The lowest BCUT2D eigenvalue weighted by Crippen LogP contribution is -2.04. The summed E-state index contributed by atoms with van der Waals surface area (Å²) in [5, 5.41) is 0.596. The standard InChI is InChI=1S/C11H15O2P/c1-2-3-4-7-10-8-5-6-9-11(10)14(12)13/h5-6,8-9H,2-4,7H2,1H3/p+1. The van der Waals surface area contributed by atoms with Crippen LogP contribution in [0.5, 0.6) is 0 Å². The van der Waals surface area contributed by atoms with Crippen molar-refractivity contribution < 1.29 is 9.46 Å². The number of aryl methyl sites for hydroxylation is 1. The van der Waals surface area contributed by atoms with Gasteiger partial charge in [0.2, 0.25) is 5.30 Å². The van der Waals surface area contributed by atoms with Crippen molar-refractivity contribution in [3.63, 3.8) is 0 Å². The number of unbranched alkanes of at least 4 members (excludes halogenated alkanes) is 2. The molecule has 2 nitrogen and oxygen atoms in total. The summed E-state index contributed by atoms with van der Waals surface area (Å²) in [4.78, 5) is 9.07. The Kier molecular flexibility index (Phi) is 4.78. The van der Waals surface area contributed by atoms with Gasteiger partial charge < -0.3 is 0 Å². The summed E-state index contributed by atoms with van der Waals surface area (Å²) in [6, 6.07) is 7.40. The highest BCUT2D eigenvalue weighted by Gasteiger charge is 2.19. The molecule has 1 rings (SSSR count). The molecule has 0 heterocycles. The third kappa shape index (κ3) is 3.21. The normalized spacial score (nSPS) is 11.4. The van der Waals surface area contributed by atoms with Gasteiger partial charge in [-0.1, -0.05) is 38.0 Å². The Balaban J connectivity index is 2.69. The first kappa shape index (κ1) is 11.4. The monoisotopic (exact) mass is 211 g/mol. The quantitative estimate of drug-likeness (QED) is 0.600. The third-order valence-electron chi connectivity index (χ3n) is 2.25. The molecule has 0 aliphatic carbocycles. The molecule has 0 amide bonds. The molecule has 14 heavy (non-hydrogen) atoms. The van der Waals surface area contributed by atoms with Gasteiger partial charge in [-0.05, 0) is 23.5 Å². The van der Waals surface area contributed by atoms with Gasteiger partial charge in [-0.15, -0.1) is 0 Å². The highest BCUT2D eigenvalue weighted by Crippen LogP contribution is 2.17. The Morgan fingerprint density at radius 1 is 1.29 bits per heavy atom. The molecule has 0 radical (unpaired) electrons. The van der Waals surface area contributed by atoms with Gasteiger partial charge in [-0.2, -0.15) is 4.89 Å². The van der Waals surface area contributed by atoms with Crippen molar-refractivity contribution in [2.75, 3.05) is 0 Å². The third-order valence-corrected chi connectivity index (χ3v) is 3.10. The van der Waals surface area contributed by atoms with Crippen molar-refractivity contribution in [3.8, 4) is 0 Å². The average Bonchev–Trinajstić information content (AvgIpc) is 2.19. The average molecular weight is 211 g/mol. The van der Waals surface area contributed by atoms with Crippen LogP contribution in [0.2, 0.25) is 0 Å². The molecule has 0 bridgehead atoms. The summed E-state index contributed by atoms with van der Waals surface area (Å²) < 4.78 is 11.0. The summed E-state index contributed by atoms with van der Waals surface area (Å²) in [5.41, 5.74) is 1.02. The van der Waals surface area contributed by atoms with E-state index in [1.54, 1.807) is 6.07 Å². The van der Waals surface area contributed by atoms with Crippen LogP contribution >= 0.6 is 8.03 Å². The lowest BCUT2D eigenvalue weighted by molar-refractivity contribution is 0.513. The van der Waals surface area contributed by atoms with Crippen LogP contribution in [0.3, 0.4) is 0 Å². The second-order valence-electron chi connectivity index (χ2n) is 3.36. The highest BCUT2D eigenvalue weighted by atomic mass is 31.1. The first-order valence-electron chi connectivity index (χ1n) is 4.99. The van der Waals surface area contributed by atoms with Gasteiger partial charge in [0.1, 0.15) is 0 Å². The fourth-order valence-corrected chi connectivity index (χ4v) is 2.12. The summed E-state index contributed by atoms with van der Waals surface area (Å²) in [7, 11) is -2.19. The molecule has 0 saturated heterocycles. The maximum Gasteiger partial charge on any atom is 0.546 e. The van der Waals surface area contributed by atoms with E-state index >= 15 is 0 Å². The van der Waals surface area contributed by atoms with Crippen LogP contribution < -0.4 is 5.30 Å². The largest absolute Gasteiger partial charge is 0.546 e. The van der Waals surface area contributed by atoms with E-state index < -0.39 is 8.03 Å². The van der Waals surface area contributed by atoms with E-state index in [0.29, 0.717) is 5.30 Å². The zero-order valence-corrected chi connectivity index (χ0v) is 9.33. The summed E-state index contributed by atoms with van der Waals surface area (Å²) >= 11 is 0. The van der Waals surface area contributed by atoms with E-state index in [1.165, 1.54) is 12.8 Å². The first-order valence-corrected chi connectivity index (χ1v) is 6.21. The molecule has 0 saturated carbocycles. The summed E-state index contributed by atoms with van der Waals surface area (Å²) in [6.07, 6.45) is 4.35. The Morgan fingerprint density at radius 3 is 2.64 bits per heavy atom. The topological polar surface area (TPSA) is 37.3 Å². The van der Waals surface area contributed by atoms with Gasteiger partial charge in [0.05, 0.1) is 0 Å². The molecule has 1 aromatic carbocycles. The zero-order chi connectivity index (χ0) is 10.4. The highest BCUT2D eigenvalue weighted by molar-refractivity contribution is 7.47. The van der Waals surface area contributed by atoms with E-state index in [-0.39, 0.29) is 0 Å². The Hall–Kier alpha value is -0.720. The van der Waals surface area contributed by atoms with E-state index in [2.05, 4.69) is 6.92 Å². The molecule has 1 N–H and O–H groups in total. The second-order valence-corrected chi connectivity index (χ2v) is 4.39. The number of hydrogen-bond donors (Lipinski definition) is 1. The van der Waals surface area contributed by atoms with Crippen molar-refractivity contribution in [2.24, 2.45) is 0 Å². The minimum absolute atomic E-state index is 0.596. The molecular weight excluding hydrogens is 195 g/mol. The van der Waals surface area contributed by atoms with Gasteiger partial charge in [0, 0.05) is 5.56 Å². The van der Waals surface area contributed by atoms with Gasteiger partial charge >= 0.3 is 8.03 Å². The zero-order valence-electron chi connectivity index (χ0n) is 8.44. The fourth-order valence-electron chi connectivity index (χ4n) is 1.47. The lowest BCUT2D eigenvalue weighted by Gasteiger charge is -1.99. The van der Waals surface area contributed by atoms with Crippen molar-refractivity contribution in [2.45, 2.75) is 32.6 Å². The van der Waals surface area contributed by atoms with Crippen LogP contribution in [0, 0.1) is 0 Å². The van der Waals surface area contributed by atoms with Crippen molar-refractivity contribution in [3.05, 3.63) is 29.8 Å². The van der Waals surface area contributed by atoms with Gasteiger partial charge in [0.15, 0.2) is 0 Å². The molecule has 3 heteroatoms. The molecule has 76 valence electrons. The minimum atomic E-state index is -2.19. The van der Waals surface area contributed by atoms with E-state index in [0.717, 1.165) is 18.4 Å². The Morgan fingerprint density at radius 2 is 2.00 bits per heavy atom. The van der Waals surface area contributed by atoms with Crippen LogP contribution in [0.25, 0.3) is 0 Å². The minimum Gasteiger partial charge on any atom is -0.156 e. The van der Waals surface area contributed by atoms with E-state index in [1.807, 2.05) is 18.2 Å². The maximum absolute atomic E-state index is 11.0. The molecule has 0 fully saturated rings. The number of rotatable bonds is 5. The van der Waals surface area contributed by atoms with Crippen LogP contribution in [-0.2, 0) is 11.0 Å². The number of benzene rings is 1. The summed E-state index contributed by atoms with van der Waals surface area (Å²) in [5.74, 6) is 0. The van der Waals surface area contributed by atoms with Crippen molar-refractivity contribution >= 4 is 13.3 Å². The molecule has 0 aromatic heterocycles. The van der Waals surface area contributed by atoms with E-state index in [9.17, 15) is 4.57 Å². The molecule has 0 aliphatic heterocycles. The molecule has 1 atom stereocenters. The smallest absolute Gasteiger partial charge is 0.156 e. The van der Waals surface area contributed by atoms with Crippen LogP contribution in [0.4, 0.5) is 0 Å². The Bertz CT molecular complexity index is 310. The first-order chi connectivity index (χ1) is 6.75. The fraction of sp³-hybridized carbons (Fsp3) is 0.455. The van der Waals surface area contributed by atoms with Gasteiger partial charge in [-0.25, -0.2) is 0 Å². The number of hydrogen-bond acceptors (Lipinski definition) is 1. The maximum atomic E-state index is 11.0. The van der Waals surface area contributed by atoms with Crippen LogP contribution in [0.1, 0.15) is 31.7 Å². The van der Waals surface area contributed by atoms with Crippen LogP contribution in [0.15, 0.2) is 24.3 Å². The molecular formula is C11H16O2P+. The van der Waals surface area contributed by atoms with Crippen LogP contribution in [-0.4, -0.2) is 4.89 Å². The molecule has 0 spiro atoms. The lowest BCUT2D eigenvalue weighted by atomic mass is 10.1. The second kappa shape index (κ2) is 5.90. The van der Waals surface area contributed by atoms with Gasteiger partial charge in [-0.3, -0.25) is 0 Å². The van der Waals surface area contributed by atoms with Crippen molar-refractivity contribution in [1.29, 1.82) is 0 Å². The molecule has 1 unspecified atom stereocenters.